The van der Waals surface area contributed by atoms with Crippen molar-refractivity contribution in [3.63, 3.8) is 0 Å². The van der Waals surface area contributed by atoms with Gasteiger partial charge in [0.05, 0.1) is 12.4 Å². The lowest BCUT2D eigenvalue weighted by atomic mass is 10.0. The van der Waals surface area contributed by atoms with Gasteiger partial charge in [-0.1, -0.05) is 75.7 Å². The molecule has 232 valence electrons. The number of anilines is 2. The Hall–Kier alpha value is -4.82. The smallest absolute Gasteiger partial charge is 0.272 e. The summed E-state index contributed by atoms with van der Waals surface area (Å²) in [5.41, 5.74) is 3.76. The van der Waals surface area contributed by atoms with Crippen LogP contribution >= 0.6 is 11.8 Å². The summed E-state index contributed by atoms with van der Waals surface area (Å²) < 4.78 is 5.67. The van der Waals surface area contributed by atoms with Crippen LogP contribution < -0.4 is 20.7 Å². The number of carbonyl (C=O) groups excluding carboxylic acids is 3. The summed E-state index contributed by atoms with van der Waals surface area (Å²) in [6, 6.07) is 31.2. The standard InChI is InChI=1S/C37H39N3O4S/c1-4-5-22-44-32-20-18-30(19-21-32)38-35(41)25-45-33-13-9-12-31(24-33)39-37(43)34(40-36(42)29-10-7-6-8-11-29)23-27-14-16-28(17-15-27)26(2)3/h6-21,23-24,26H,4-5,22,25H2,1-3H3,(H,38,41)(H,39,43)(H,40,42)/b34-23+. The first-order valence-electron chi connectivity index (χ1n) is 15.1. The van der Waals surface area contributed by atoms with E-state index in [1.807, 2.05) is 66.7 Å². The van der Waals surface area contributed by atoms with Gasteiger partial charge in [-0.2, -0.15) is 0 Å². The molecule has 0 atom stereocenters. The molecule has 0 aliphatic heterocycles. The molecule has 7 nitrogen and oxygen atoms in total. The number of thioether (sulfide) groups is 1. The third kappa shape index (κ3) is 10.7. The summed E-state index contributed by atoms with van der Waals surface area (Å²) >= 11 is 1.36. The molecule has 3 N–H and O–H groups in total. The van der Waals surface area contributed by atoms with Crippen molar-refractivity contribution in [2.75, 3.05) is 23.0 Å². The maximum absolute atomic E-state index is 13.5. The Morgan fingerprint density at radius 3 is 2.24 bits per heavy atom. The van der Waals surface area contributed by atoms with E-state index in [1.165, 1.54) is 17.3 Å². The van der Waals surface area contributed by atoms with Gasteiger partial charge < -0.3 is 20.7 Å². The van der Waals surface area contributed by atoms with E-state index in [0.29, 0.717) is 29.5 Å². The minimum atomic E-state index is -0.464. The molecule has 0 radical (unpaired) electrons. The van der Waals surface area contributed by atoms with E-state index in [0.717, 1.165) is 29.1 Å². The van der Waals surface area contributed by atoms with Gasteiger partial charge in [0.25, 0.3) is 11.8 Å². The van der Waals surface area contributed by atoms with Crippen molar-refractivity contribution in [3.8, 4) is 5.75 Å². The summed E-state index contributed by atoms with van der Waals surface area (Å²) in [6.45, 7) is 7.02. The van der Waals surface area contributed by atoms with Gasteiger partial charge >= 0.3 is 0 Å². The monoisotopic (exact) mass is 621 g/mol. The Morgan fingerprint density at radius 1 is 0.822 bits per heavy atom. The number of hydrogen-bond donors (Lipinski definition) is 3. The lowest BCUT2D eigenvalue weighted by Gasteiger charge is -2.13. The minimum absolute atomic E-state index is 0.111. The molecule has 4 aromatic rings. The van der Waals surface area contributed by atoms with Crippen molar-refractivity contribution < 1.29 is 19.1 Å². The number of hydrogen-bond acceptors (Lipinski definition) is 5. The lowest BCUT2D eigenvalue weighted by molar-refractivity contribution is -0.114. The second-order valence-electron chi connectivity index (χ2n) is 10.7. The van der Waals surface area contributed by atoms with Crippen LogP contribution in [0.2, 0.25) is 0 Å². The number of benzene rings is 4. The van der Waals surface area contributed by atoms with Crippen LogP contribution in [0.25, 0.3) is 6.08 Å². The lowest BCUT2D eigenvalue weighted by Crippen LogP contribution is -2.30. The molecule has 0 saturated heterocycles. The van der Waals surface area contributed by atoms with Crippen LogP contribution in [-0.2, 0) is 9.59 Å². The summed E-state index contributed by atoms with van der Waals surface area (Å²) in [4.78, 5) is 39.8. The molecule has 0 aromatic heterocycles. The molecule has 0 fully saturated rings. The van der Waals surface area contributed by atoms with Crippen LogP contribution in [0.4, 0.5) is 11.4 Å². The largest absolute Gasteiger partial charge is 0.494 e. The van der Waals surface area contributed by atoms with Crippen molar-refractivity contribution >= 4 is 46.9 Å². The molecular formula is C37H39N3O4S. The number of carbonyl (C=O) groups is 3. The van der Waals surface area contributed by atoms with Gasteiger partial charge in [-0.05, 0) is 84.1 Å². The molecule has 3 amide bonds. The van der Waals surface area contributed by atoms with Crippen LogP contribution in [0.1, 0.15) is 61.0 Å². The van der Waals surface area contributed by atoms with E-state index in [-0.39, 0.29) is 23.3 Å². The minimum Gasteiger partial charge on any atom is -0.494 e. The van der Waals surface area contributed by atoms with Gasteiger partial charge in [-0.15, -0.1) is 11.8 Å². The summed E-state index contributed by atoms with van der Waals surface area (Å²) in [5.74, 6) is 0.347. The average Bonchev–Trinajstić information content (AvgIpc) is 3.05. The number of nitrogens with one attached hydrogen (secondary N) is 3. The second kappa shape index (κ2) is 16.9. The van der Waals surface area contributed by atoms with Crippen molar-refractivity contribution in [2.24, 2.45) is 0 Å². The highest BCUT2D eigenvalue weighted by Crippen LogP contribution is 2.23. The Morgan fingerprint density at radius 2 is 1.56 bits per heavy atom. The topological polar surface area (TPSA) is 96.5 Å². The fraction of sp³-hybridized carbons (Fsp3) is 0.216. The van der Waals surface area contributed by atoms with Crippen molar-refractivity contribution in [3.05, 3.63) is 126 Å². The van der Waals surface area contributed by atoms with Gasteiger partial charge in [-0.25, -0.2) is 0 Å². The highest BCUT2D eigenvalue weighted by atomic mass is 32.2. The number of ether oxygens (including phenoxy) is 1. The molecule has 45 heavy (non-hydrogen) atoms. The second-order valence-corrected chi connectivity index (χ2v) is 11.8. The molecule has 4 aromatic carbocycles. The van der Waals surface area contributed by atoms with Crippen molar-refractivity contribution in [1.29, 1.82) is 0 Å². The molecule has 0 bridgehead atoms. The van der Waals surface area contributed by atoms with Crippen molar-refractivity contribution in [2.45, 2.75) is 44.4 Å². The zero-order chi connectivity index (χ0) is 32.0. The first kappa shape index (κ1) is 33.1. The number of amides is 3. The summed E-state index contributed by atoms with van der Waals surface area (Å²) in [5, 5.41) is 8.57. The van der Waals surface area contributed by atoms with E-state index in [1.54, 1.807) is 42.5 Å². The average molecular weight is 622 g/mol. The van der Waals surface area contributed by atoms with E-state index in [4.69, 9.17) is 4.74 Å². The Balaban J connectivity index is 1.39. The Bertz CT molecular complexity index is 1600. The highest BCUT2D eigenvalue weighted by molar-refractivity contribution is 8.00. The van der Waals surface area contributed by atoms with Crippen LogP contribution in [0, 0.1) is 0 Å². The molecule has 4 rings (SSSR count). The Labute approximate surface area is 269 Å². The van der Waals surface area contributed by atoms with Gasteiger partial charge in [-0.3, -0.25) is 14.4 Å². The van der Waals surface area contributed by atoms with Gasteiger partial charge in [0.2, 0.25) is 5.91 Å². The molecule has 0 spiro atoms. The number of rotatable bonds is 14. The molecule has 0 aliphatic carbocycles. The zero-order valence-electron chi connectivity index (χ0n) is 25.8. The van der Waals surface area contributed by atoms with Crippen molar-refractivity contribution in [1.82, 2.24) is 5.32 Å². The predicted molar refractivity (Wildman–Crippen MR) is 184 cm³/mol. The number of unbranched alkanes of at least 4 members (excludes halogenated alkanes) is 1. The summed E-state index contributed by atoms with van der Waals surface area (Å²) in [7, 11) is 0. The molecule has 0 aliphatic rings. The normalized spacial score (nSPS) is 11.2. The first-order chi connectivity index (χ1) is 21.8. The quantitative estimate of drug-likeness (QED) is 0.0751. The molecule has 0 unspecified atom stereocenters. The maximum atomic E-state index is 13.5. The zero-order valence-corrected chi connectivity index (χ0v) is 26.7. The van der Waals surface area contributed by atoms with Crippen LogP contribution in [0.15, 0.2) is 114 Å². The van der Waals surface area contributed by atoms with Crippen LogP contribution in [-0.4, -0.2) is 30.1 Å². The van der Waals surface area contributed by atoms with E-state index in [2.05, 4.69) is 36.7 Å². The maximum Gasteiger partial charge on any atom is 0.272 e. The predicted octanol–water partition coefficient (Wildman–Crippen LogP) is 8.13. The highest BCUT2D eigenvalue weighted by Gasteiger charge is 2.16. The molecular weight excluding hydrogens is 582 g/mol. The van der Waals surface area contributed by atoms with Crippen LogP contribution in [0.3, 0.4) is 0 Å². The summed E-state index contributed by atoms with van der Waals surface area (Å²) in [6.07, 6.45) is 3.73. The van der Waals surface area contributed by atoms with Gasteiger partial charge in [0.1, 0.15) is 11.4 Å². The fourth-order valence-electron chi connectivity index (χ4n) is 4.26. The third-order valence-corrected chi connectivity index (χ3v) is 7.80. The first-order valence-corrected chi connectivity index (χ1v) is 16.0. The van der Waals surface area contributed by atoms with Crippen LogP contribution in [0.5, 0.6) is 5.75 Å². The third-order valence-electron chi connectivity index (χ3n) is 6.81. The van der Waals surface area contributed by atoms with E-state index < -0.39 is 5.91 Å². The fourth-order valence-corrected chi connectivity index (χ4v) is 5.02. The SMILES string of the molecule is CCCCOc1ccc(NC(=O)CSc2cccc(NC(=O)/C(=C\c3ccc(C(C)C)cc3)NC(=O)c3ccccc3)c2)cc1. The van der Waals surface area contributed by atoms with E-state index >= 15 is 0 Å². The van der Waals surface area contributed by atoms with E-state index in [9.17, 15) is 14.4 Å². The Kier molecular flexibility index (Phi) is 12.4. The molecule has 8 heteroatoms. The molecule has 0 heterocycles. The molecule has 0 saturated carbocycles. The van der Waals surface area contributed by atoms with Gasteiger partial charge in [0, 0.05) is 21.8 Å². The van der Waals surface area contributed by atoms with Gasteiger partial charge in [0.15, 0.2) is 0 Å².